The summed E-state index contributed by atoms with van der Waals surface area (Å²) in [7, 11) is 0. The zero-order chi connectivity index (χ0) is 15.4. The van der Waals surface area contributed by atoms with Gasteiger partial charge < -0.3 is 9.47 Å². The van der Waals surface area contributed by atoms with Gasteiger partial charge in [-0.2, -0.15) is 0 Å². The fraction of sp³-hybridized carbons (Fsp3) is 0.941. The summed E-state index contributed by atoms with van der Waals surface area (Å²) in [5.74, 6) is 0.470. The maximum absolute atomic E-state index is 11.2. The van der Waals surface area contributed by atoms with Gasteiger partial charge in [0.2, 0.25) is 0 Å². The smallest absolute Gasteiger partial charge is 0.305 e. The van der Waals surface area contributed by atoms with Gasteiger partial charge in [0.25, 0.3) is 0 Å². The minimum atomic E-state index is -0.406. The van der Waals surface area contributed by atoms with Gasteiger partial charge in [0.1, 0.15) is 6.61 Å². The molecule has 0 aliphatic heterocycles. The molecule has 1 unspecified atom stereocenters. The van der Waals surface area contributed by atoms with Crippen LogP contribution in [0.3, 0.4) is 0 Å². The van der Waals surface area contributed by atoms with Crippen molar-refractivity contribution in [1.29, 1.82) is 0 Å². The molecule has 1 atom stereocenters. The molecule has 1 saturated carbocycles. The van der Waals surface area contributed by atoms with E-state index in [4.69, 9.17) is 9.47 Å². The van der Waals surface area contributed by atoms with Gasteiger partial charge in [-0.05, 0) is 57.8 Å². The molecule has 3 heteroatoms. The first kappa shape index (κ1) is 17.5. The van der Waals surface area contributed by atoms with E-state index in [1.165, 1.54) is 25.7 Å². The van der Waals surface area contributed by atoms with E-state index < -0.39 is 5.60 Å². The molecular weight excluding hydrogens is 252 g/mol. The quantitative estimate of drug-likeness (QED) is 0.681. The fourth-order valence-electron chi connectivity index (χ4n) is 2.88. The Morgan fingerprint density at radius 2 is 1.85 bits per heavy atom. The molecule has 0 bridgehead atoms. The van der Waals surface area contributed by atoms with Crippen LogP contribution in [0.15, 0.2) is 0 Å². The molecule has 20 heavy (non-hydrogen) atoms. The van der Waals surface area contributed by atoms with Crippen LogP contribution in [0.4, 0.5) is 0 Å². The third-order valence-electron chi connectivity index (χ3n) is 4.42. The van der Waals surface area contributed by atoms with Crippen molar-refractivity contribution in [1.82, 2.24) is 0 Å². The zero-order valence-corrected chi connectivity index (χ0v) is 14.1. The lowest BCUT2D eigenvalue weighted by Gasteiger charge is -2.39. The maximum Gasteiger partial charge on any atom is 0.305 e. The molecule has 0 heterocycles. The Kier molecular flexibility index (Phi) is 6.06. The molecule has 0 N–H and O–H groups in total. The average Bonchev–Trinajstić information content (AvgIpc) is 2.35. The Hall–Kier alpha value is -0.570. The molecule has 0 aromatic rings. The summed E-state index contributed by atoms with van der Waals surface area (Å²) in [5.41, 5.74) is 0.0829. The predicted molar refractivity (Wildman–Crippen MR) is 81.6 cm³/mol. The van der Waals surface area contributed by atoms with Crippen LogP contribution in [0.1, 0.15) is 73.6 Å². The predicted octanol–water partition coefficient (Wildman–Crippen LogP) is 4.34. The summed E-state index contributed by atoms with van der Waals surface area (Å²) in [5, 5.41) is 0. The molecule has 118 valence electrons. The lowest BCUT2D eigenvalue weighted by atomic mass is 9.72. The number of carbonyl (C=O) groups excluding carboxylic acids is 1. The van der Waals surface area contributed by atoms with Crippen LogP contribution < -0.4 is 0 Å². The van der Waals surface area contributed by atoms with Crippen molar-refractivity contribution in [3.05, 3.63) is 0 Å². The van der Waals surface area contributed by atoms with Gasteiger partial charge in [-0.3, -0.25) is 4.79 Å². The number of ether oxygens (including phenoxy) is 2. The van der Waals surface area contributed by atoms with Crippen molar-refractivity contribution >= 4 is 5.97 Å². The highest BCUT2D eigenvalue weighted by Gasteiger charge is 2.33. The highest BCUT2D eigenvalue weighted by atomic mass is 16.6. The van der Waals surface area contributed by atoms with E-state index in [0.717, 1.165) is 0 Å². The minimum absolute atomic E-state index is 0.159. The third-order valence-corrected chi connectivity index (χ3v) is 4.42. The van der Waals surface area contributed by atoms with Crippen LogP contribution in [0.25, 0.3) is 0 Å². The van der Waals surface area contributed by atoms with Crippen LogP contribution in [-0.4, -0.2) is 24.3 Å². The summed E-state index contributed by atoms with van der Waals surface area (Å²) in [4.78, 5) is 11.2. The van der Waals surface area contributed by atoms with Crippen molar-refractivity contribution in [3.8, 4) is 0 Å². The fourth-order valence-corrected chi connectivity index (χ4v) is 2.88. The van der Waals surface area contributed by atoms with Crippen LogP contribution in [0.5, 0.6) is 0 Å². The van der Waals surface area contributed by atoms with Gasteiger partial charge in [-0.25, -0.2) is 0 Å². The van der Waals surface area contributed by atoms with Crippen molar-refractivity contribution < 1.29 is 14.3 Å². The Balaban J connectivity index is 2.40. The lowest BCUT2D eigenvalue weighted by Crippen LogP contribution is -2.39. The summed E-state index contributed by atoms with van der Waals surface area (Å²) in [6.45, 7) is 13.0. The van der Waals surface area contributed by atoms with Crippen molar-refractivity contribution in [3.63, 3.8) is 0 Å². The molecule has 0 radical (unpaired) electrons. The van der Waals surface area contributed by atoms with Crippen molar-refractivity contribution in [2.75, 3.05) is 6.61 Å². The Morgan fingerprint density at radius 3 is 2.35 bits per heavy atom. The maximum atomic E-state index is 11.2. The van der Waals surface area contributed by atoms with Gasteiger partial charge in [0.15, 0.2) is 0 Å². The van der Waals surface area contributed by atoms with E-state index >= 15 is 0 Å². The van der Waals surface area contributed by atoms with Gasteiger partial charge in [0, 0.05) is 6.42 Å². The SMILES string of the molecule is CCC(=O)OCC(C)(C)OC(C)C1CCC(C)(C)CC1. The molecule has 0 spiro atoms. The van der Waals surface area contributed by atoms with E-state index in [2.05, 4.69) is 20.8 Å². The second kappa shape index (κ2) is 6.93. The van der Waals surface area contributed by atoms with Gasteiger partial charge >= 0.3 is 5.97 Å². The second-order valence-corrected chi connectivity index (χ2v) is 7.60. The number of hydrogen-bond donors (Lipinski definition) is 0. The van der Waals surface area contributed by atoms with Crippen molar-refractivity contribution in [2.24, 2.45) is 11.3 Å². The second-order valence-electron chi connectivity index (χ2n) is 7.60. The molecule has 1 fully saturated rings. The molecule has 3 nitrogen and oxygen atoms in total. The molecule has 1 aliphatic rings. The van der Waals surface area contributed by atoms with Crippen LogP contribution in [0, 0.1) is 11.3 Å². The first-order valence-electron chi connectivity index (χ1n) is 7.99. The number of carbonyl (C=O) groups is 1. The minimum Gasteiger partial charge on any atom is -0.463 e. The first-order chi connectivity index (χ1) is 9.15. The van der Waals surface area contributed by atoms with E-state index in [0.29, 0.717) is 24.4 Å². The molecule has 0 saturated heterocycles. The topological polar surface area (TPSA) is 35.5 Å². The van der Waals surface area contributed by atoms with Gasteiger partial charge in [-0.1, -0.05) is 20.8 Å². The summed E-state index contributed by atoms with van der Waals surface area (Å²) in [6.07, 6.45) is 5.66. The third kappa shape index (κ3) is 5.82. The number of rotatable bonds is 6. The largest absolute Gasteiger partial charge is 0.463 e. The molecular formula is C17H32O3. The summed E-state index contributed by atoms with van der Waals surface area (Å²) >= 11 is 0. The van der Waals surface area contributed by atoms with Gasteiger partial charge in [-0.15, -0.1) is 0 Å². The van der Waals surface area contributed by atoms with Gasteiger partial charge in [0.05, 0.1) is 11.7 Å². The number of hydrogen-bond acceptors (Lipinski definition) is 3. The highest BCUT2D eigenvalue weighted by Crippen LogP contribution is 2.40. The van der Waals surface area contributed by atoms with E-state index in [1.807, 2.05) is 20.8 Å². The van der Waals surface area contributed by atoms with Crippen LogP contribution in [0.2, 0.25) is 0 Å². The zero-order valence-electron chi connectivity index (χ0n) is 14.1. The number of esters is 1. The van der Waals surface area contributed by atoms with E-state index in [-0.39, 0.29) is 12.1 Å². The molecule has 0 amide bonds. The highest BCUT2D eigenvalue weighted by molar-refractivity contribution is 5.68. The van der Waals surface area contributed by atoms with E-state index in [1.54, 1.807) is 0 Å². The monoisotopic (exact) mass is 284 g/mol. The standard InChI is InChI=1S/C17H32O3/c1-7-15(18)19-12-17(5,6)20-13(2)14-8-10-16(3,4)11-9-14/h13-14H,7-12H2,1-6H3. The molecule has 1 rings (SSSR count). The van der Waals surface area contributed by atoms with E-state index in [9.17, 15) is 4.79 Å². The van der Waals surface area contributed by atoms with Crippen LogP contribution >= 0.6 is 0 Å². The normalized spacial score (nSPS) is 21.5. The molecule has 0 aromatic heterocycles. The van der Waals surface area contributed by atoms with Crippen molar-refractivity contribution in [2.45, 2.75) is 85.4 Å². The summed E-state index contributed by atoms with van der Waals surface area (Å²) < 4.78 is 11.4. The first-order valence-corrected chi connectivity index (χ1v) is 7.99. The molecule has 1 aliphatic carbocycles. The Labute approximate surface area is 124 Å². The Morgan fingerprint density at radius 1 is 1.30 bits per heavy atom. The van der Waals surface area contributed by atoms with Crippen LogP contribution in [-0.2, 0) is 14.3 Å². The summed E-state index contributed by atoms with van der Waals surface area (Å²) in [6, 6.07) is 0. The lowest BCUT2D eigenvalue weighted by molar-refractivity contribution is -0.161. The Bertz CT molecular complexity index is 310. The molecule has 0 aromatic carbocycles. The average molecular weight is 284 g/mol.